The lowest BCUT2D eigenvalue weighted by Crippen LogP contribution is -2.35. The monoisotopic (exact) mass is 157 g/mol. The fourth-order valence-electron chi connectivity index (χ4n) is 1.19. The molecule has 0 aromatic carbocycles. The third-order valence-corrected chi connectivity index (χ3v) is 2.01. The number of nitrogens with one attached hydrogen (secondary N) is 1. The second-order valence-electron chi connectivity index (χ2n) is 4.82. The van der Waals surface area contributed by atoms with Crippen molar-refractivity contribution in [2.75, 3.05) is 19.7 Å². The molecule has 11 heavy (non-hydrogen) atoms. The molecule has 0 radical (unpaired) electrons. The van der Waals surface area contributed by atoms with Crippen LogP contribution in [0.1, 0.15) is 27.7 Å². The number of ether oxygens (including phenoxy) is 1. The van der Waals surface area contributed by atoms with Crippen molar-refractivity contribution in [3.8, 4) is 0 Å². The van der Waals surface area contributed by atoms with Crippen LogP contribution in [0.4, 0.5) is 0 Å². The van der Waals surface area contributed by atoms with E-state index in [9.17, 15) is 0 Å². The zero-order valence-corrected chi connectivity index (χ0v) is 8.03. The Morgan fingerprint density at radius 3 is 2.36 bits per heavy atom. The van der Waals surface area contributed by atoms with E-state index in [4.69, 9.17) is 4.74 Å². The predicted octanol–water partition coefficient (Wildman–Crippen LogP) is 1.41. The third kappa shape index (κ3) is 2.80. The number of rotatable bonds is 0. The Morgan fingerprint density at radius 2 is 1.73 bits per heavy atom. The Hall–Kier alpha value is -0.0800. The van der Waals surface area contributed by atoms with Crippen molar-refractivity contribution in [3.05, 3.63) is 0 Å². The molecule has 1 rings (SSSR count). The molecule has 1 aliphatic rings. The van der Waals surface area contributed by atoms with Crippen molar-refractivity contribution >= 4 is 0 Å². The lowest BCUT2D eigenvalue weighted by molar-refractivity contribution is -0.0319. The first kappa shape index (κ1) is 9.01. The SMILES string of the molecule is CC1(C)CNCC(C)(C)OC1. The van der Waals surface area contributed by atoms with Gasteiger partial charge in [0.1, 0.15) is 0 Å². The van der Waals surface area contributed by atoms with Gasteiger partial charge in [0.05, 0.1) is 12.2 Å². The molecule has 0 aromatic heterocycles. The highest BCUT2D eigenvalue weighted by Gasteiger charge is 2.28. The van der Waals surface area contributed by atoms with Crippen molar-refractivity contribution in [2.24, 2.45) is 5.41 Å². The van der Waals surface area contributed by atoms with E-state index in [0.717, 1.165) is 19.7 Å². The van der Waals surface area contributed by atoms with Crippen LogP contribution in [-0.2, 0) is 4.74 Å². The Balaban J connectivity index is 2.53. The average Bonchev–Trinajstić information content (AvgIpc) is 1.92. The zero-order valence-electron chi connectivity index (χ0n) is 8.03. The predicted molar refractivity (Wildman–Crippen MR) is 46.7 cm³/mol. The average molecular weight is 157 g/mol. The minimum absolute atomic E-state index is 0.00771. The summed E-state index contributed by atoms with van der Waals surface area (Å²) in [5.74, 6) is 0. The maximum Gasteiger partial charge on any atom is 0.0750 e. The summed E-state index contributed by atoms with van der Waals surface area (Å²) < 4.78 is 5.74. The van der Waals surface area contributed by atoms with Crippen molar-refractivity contribution in [1.29, 1.82) is 0 Å². The van der Waals surface area contributed by atoms with Crippen LogP contribution in [0.2, 0.25) is 0 Å². The number of hydrogen-bond donors (Lipinski definition) is 1. The van der Waals surface area contributed by atoms with Gasteiger partial charge in [0, 0.05) is 18.5 Å². The molecule has 0 saturated carbocycles. The van der Waals surface area contributed by atoms with Gasteiger partial charge in [-0.1, -0.05) is 13.8 Å². The maximum atomic E-state index is 5.74. The molecule has 1 fully saturated rings. The Labute approximate surface area is 69.3 Å². The van der Waals surface area contributed by atoms with Gasteiger partial charge in [0.25, 0.3) is 0 Å². The topological polar surface area (TPSA) is 21.3 Å². The van der Waals surface area contributed by atoms with Crippen LogP contribution in [0.3, 0.4) is 0 Å². The van der Waals surface area contributed by atoms with E-state index >= 15 is 0 Å². The highest BCUT2D eigenvalue weighted by Crippen LogP contribution is 2.21. The molecule has 1 saturated heterocycles. The van der Waals surface area contributed by atoms with Crippen LogP contribution in [-0.4, -0.2) is 25.3 Å². The molecule has 0 spiro atoms. The van der Waals surface area contributed by atoms with Gasteiger partial charge in [-0.25, -0.2) is 0 Å². The van der Waals surface area contributed by atoms with E-state index in [0.29, 0.717) is 0 Å². The van der Waals surface area contributed by atoms with E-state index in [-0.39, 0.29) is 11.0 Å². The van der Waals surface area contributed by atoms with E-state index in [1.807, 2.05) is 0 Å². The van der Waals surface area contributed by atoms with Gasteiger partial charge in [0.15, 0.2) is 0 Å². The lowest BCUT2D eigenvalue weighted by atomic mass is 9.95. The molecule has 1 N–H and O–H groups in total. The third-order valence-electron chi connectivity index (χ3n) is 2.01. The first-order valence-electron chi connectivity index (χ1n) is 4.26. The zero-order chi connectivity index (χ0) is 8.54. The molecule has 0 bridgehead atoms. The standard InChI is InChI=1S/C9H19NO/c1-8(2)5-10-6-9(3,4)11-7-8/h10H,5-7H2,1-4H3. The first-order valence-corrected chi connectivity index (χ1v) is 4.26. The molecule has 2 nitrogen and oxygen atoms in total. The Kier molecular flexibility index (Phi) is 2.26. The Bertz CT molecular complexity index is 124. The summed E-state index contributed by atoms with van der Waals surface area (Å²) in [7, 11) is 0. The van der Waals surface area contributed by atoms with Crippen LogP contribution in [0.15, 0.2) is 0 Å². The van der Waals surface area contributed by atoms with Gasteiger partial charge in [0.2, 0.25) is 0 Å². The number of hydrogen-bond acceptors (Lipinski definition) is 2. The molecule has 1 aliphatic heterocycles. The van der Waals surface area contributed by atoms with Crippen LogP contribution < -0.4 is 5.32 Å². The summed E-state index contributed by atoms with van der Waals surface area (Å²) in [5.41, 5.74) is 0.293. The van der Waals surface area contributed by atoms with Gasteiger partial charge in [-0.05, 0) is 13.8 Å². The first-order chi connectivity index (χ1) is 4.91. The van der Waals surface area contributed by atoms with E-state index in [1.165, 1.54) is 0 Å². The molecule has 66 valence electrons. The van der Waals surface area contributed by atoms with Gasteiger partial charge in [-0.2, -0.15) is 0 Å². The van der Waals surface area contributed by atoms with Crippen LogP contribution in [0, 0.1) is 5.41 Å². The van der Waals surface area contributed by atoms with Crippen molar-refractivity contribution in [2.45, 2.75) is 33.3 Å². The summed E-state index contributed by atoms with van der Waals surface area (Å²) in [6, 6.07) is 0. The summed E-state index contributed by atoms with van der Waals surface area (Å²) in [4.78, 5) is 0. The molecule has 0 aliphatic carbocycles. The smallest absolute Gasteiger partial charge is 0.0750 e. The highest BCUT2D eigenvalue weighted by molar-refractivity contribution is 4.81. The molecular weight excluding hydrogens is 138 g/mol. The fourth-order valence-corrected chi connectivity index (χ4v) is 1.19. The summed E-state index contributed by atoms with van der Waals surface area (Å²) in [6.45, 7) is 11.6. The van der Waals surface area contributed by atoms with Gasteiger partial charge in [-0.3, -0.25) is 0 Å². The maximum absolute atomic E-state index is 5.74. The molecule has 0 atom stereocenters. The lowest BCUT2D eigenvalue weighted by Gasteiger charge is -2.25. The van der Waals surface area contributed by atoms with E-state index in [1.54, 1.807) is 0 Å². The summed E-state index contributed by atoms with van der Waals surface area (Å²) in [5, 5.41) is 3.40. The van der Waals surface area contributed by atoms with Crippen LogP contribution in [0.25, 0.3) is 0 Å². The minimum Gasteiger partial charge on any atom is -0.374 e. The van der Waals surface area contributed by atoms with Crippen molar-refractivity contribution < 1.29 is 4.74 Å². The van der Waals surface area contributed by atoms with Gasteiger partial charge in [-0.15, -0.1) is 0 Å². The highest BCUT2D eigenvalue weighted by atomic mass is 16.5. The molecule has 2 heteroatoms. The fraction of sp³-hybridized carbons (Fsp3) is 1.00. The molecule has 0 aromatic rings. The normalized spacial score (nSPS) is 29.5. The molecule has 0 unspecified atom stereocenters. The molecule has 1 heterocycles. The van der Waals surface area contributed by atoms with Crippen LogP contribution in [0.5, 0.6) is 0 Å². The second-order valence-corrected chi connectivity index (χ2v) is 4.82. The van der Waals surface area contributed by atoms with Gasteiger partial charge < -0.3 is 10.1 Å². The quantitative estimate of drug-likeness (QED) is 0.574. The second kappa shape index (κ2) is 2.76. The van der Waals surface area contributed by atoms with Crippen LogP contribution >= 0.6 is 0 Å². The van der Waals surface area contributed by atoms with Gasteiger partial charge >= 0.3 is 0 Å². The van der Waals surface area contributed by atoms with E-state index in [2.05, 4.69) is 33.0 Å². The summed E-state index contributed by atoms with van der Waals surface area (Å²) in [6.07, 6.45) is 0. The Morgan fingerprint density at radius 1 is 1.09 bits per heavy atom. The van der Waals surface area contributed by atoms with Crippen molar-refractivity contribution in [1.82, 2.24) is 5.32 Å². The summed E-state index contributed by atoms with van der Waals surface area (Å²) >= 11 is 0. The molecule has 0 amide bonds. The minimum atomic E-state index is 0.00771. The van der Waals surface area contributed by atoms with E-state index < -0.39 is 0 Å². The largest absolute Gasteiger partial charge is 0.374 e. The molecular formula is C9H19NO. The van der Waals surface area contributed by atoms with Crippen molar-refractivity contribution in [3.63, 3.8) is 0 Å².